The van der Waals surface area contributed by atoms with Crippen LogP contribution in [0.15, 0.2) is 30.3 Å². The molecular formula is C26H26ClN3O5S. The molecule has 0 radical (unpaired) electrons. The average Bonchev–Trinajstić information content (AvgIpc) is 3.36. The molecule has 0 spiro atoms. The number of nitrogens with one attached hydrogen (secondary N) is 1. The minimum atomic E-state index is -1.03. The molecule has 0 saturated carbocycles. The molecule has 0 atom stereocenters. The molecule has 0 fully saturated rings. The van der Waals surface area contributed by atoms with Crippen LogP contribution in [0.25, 0.3) is 22.2 Å². The number of carboxylic acids is 1. The quantitative estimate of drug-likeness (QED) is 0.293. The Labute approximate surface area is 217 Å². The van der Waals surface area contributed by atoms with E-state index in [1.165, 1.54) is 23.0 Å². The molecule has 2 aromatic heterocycles. The highest BCUT2D eigenvalue weighted by Crippen LogP contribution is 2.42. The zero-order valence-corrected chi connectivity index (χ0v) is 22.1. The molecule has 1 amide bonds. The SMILES string of the molecule is CCc1sc(NC(=O)c2c(C)c3cc(C)ccc3n2CC(=O)O)nc1-c1cc(OC)c(Cl)cc1OC. The normalized spacial score (nSPS) is 11.1. The molecule has 188 valence electrons. The van der Waals surface area contributed by atoms with Crippen LogP contribution >= 0.6 is 22.9 Å². The van der Waals surface area contributed by atoms with Crippen molar-refractivity contribution in [2.24, 2.45) is 0 Å². The Morgan fingerprint density at radius 2 is 1.86 bits per heavy atom. The molecule has 2 aromatic carbocycles. The van der Waals surface area contributed by atoms with E-state index >= 15 is 0 Å². The molecule has 0 aliphatic carbocycles. The molecule has 4 aromatic rings. The summed E-state index contributed by atoms with van der Waals surface area (Å²) in [5.74, 6) is -0.440. The highest BCUT2D eigenvalue weighted by Gasteiger charge is 2.24. The summed E-state index contributed by atoms with van der Waals surface area (Å²) in [5.41, 5.74) is 4.07. The first kappa shape index (κ1) is 25.5. The number of aliphatic carboxylic acids is 1. The lowest BCUT2D eigenvalue weighted by Gasteiger charge is -2.11. The van der Waals surface area contributed by atoms with Gasteiger partial charge in [0, 0.05) is 27.4 Å². The number of carbonyl (C=O) groups excluding carboxylic acids is 1. The third-order valence-corrected chi connectivity index (χ3v) is 7.36. The van der Waals surface area contributed by atoms with Gasteiger partial charge in [0.05, 0.1) is 24.9 Å². The monoisotopic (exact) mass is 527 g/mol. The minimum absolute atomic E-state index is 0.290. The molecule has 8 nitrogen and oxygen atoms in total. The number of rotatable bonds is 8. The highest BCUT2D eigenvalue weighted by atomic mass is 35.5. The zero-order valence-electron chi connectivity index (χ0n) is 20.6. The molecule has 0 saturated heterocycles. The summed E-state index contributed by atoms with van der Waals surface area (Å²) in [4.78, 5) is 30.7. The Bertz CT molecular complexity index is 1490. The number of benzene rings is 2. The molecule has 0 bridgehead atoms. The third-order valence-electron chi connectivity index (χ3n) is 5.95. The largest absolute Gasteiger partial charge is 0.496 e. The number of methoxy groups -OCH3 is 2. The Morgan fingerprint density at radius 1 is 1.14 bits per heavy atom. The van der Waals surface area contributed by atoms with Crippen LogP contribution in [0.1, 0.15) is 33.4 Å². The smallest absolute Gasteiger partial charge is 0.323 e. The van der Waals surface area contributed by atoms with Gasteiger partial charge < -0.3 is 19.1 Å². The first-order valence-electron chi connectivity index (χ1n) is 11.2. The van der Waals surface area contributed by atoms with E-state index in [9.17, 15) is 14.7 Å². The van der Waals surface area contributed by atoms with Crippen LogP contribution in [0.5, 0.6) is 11.5 Å². The second-order valence-corrected chi connectivity index (χ2v) is 9.75. The van der Waals surface area contributed by atoms with Gasteiger partial charge in [0.1, 0.15) is 23.7 Å². The molecule has 2 N–H and O–H groups in total. The zero-order chi connectivity index (χ0) is 26.1. The van der Waals surface area contributed by atoms with Crippen molar-refractivity contribution in [1.29, 1.82) is 0 Å². The average molecular weight is 528 g/mol. The van der Waals surface area contributed by atoms with Crippen molar-refractivity contribution in [3.8, 4) is 22.8 Å². The summed E-state index contributed by atoms with van der Waals surface area (Å²) in [7, 11) is 3.08. The van der Waals surface area contributed by atoms with Crippen LogP contribution in [0.3, 0.4) is 0 Å². The van der Waals surface area contributed by atoms with Gasteiger partial charge in [-0.05, 0) is 44.0 Å². The molecule has 4 rings (SSSR count). The van der Waals surface area contributed by atoms with Crippen molar-refractivity contribution in [3.63, 3.8) is 0 Å². The number of amides is 1. The van der Waals surface area contributed by atoms with Crippen LogP contribution in [0, 0.1) is 13.8 Å². The van der Waals surface area contributed by atoms with E-state index in [1.807, 2.05) is 39.0 Å². The van der Waals surface area contributed by atoms with Crippen molar-refractivity contribution in [3.05, 3.63) is 57.1 Å². The van der Waals surface area contributed by atoms with Gasteiger partial charge in [0.25, 0.3) is 5.91 Å². The van der Waals surface area contributed by atoms with Crippen molar-refractivity contribution >= 4 is 50.8 Å². The molecule has 36 heavy (non-hydrogen) atoms. The predicted octanol–water partition coefficient (Wildman–Crippen LogP) is 5.95. The number of carboxylic acid groups (broad SMARTS) is 1. The molecule has 10 heteroatoms. The summed E-state index contributed by atoms with van der Waals surface area (Å²) < 4.78 is 12.4. The number of aryl methyl sites for hydroxylation is 3. The number of thiazole rings is 1. The number of ether oxygens (including phenoxy) is 2. The number of aromatic nitrogens is 2. The second kappa shape index (κ2) is 10.2. The molecule has 0 aliphatic rings. The van der Waals surface area contributed by atoms with Crippen molar-refractivity contribution in [2.45, 2.75) is 33.7 Å². The first-order valence-corrected chi connectivity index (χ1v) is 12.4. The van der Waals surface area contributed by atoms with E-state index in [2.05, 4.69) is 5.32 Å². The maximum Gasteiger partial charge on any atom is 0.323 e. The van der Waals surface area contributed by atoms with Crippen LogP contribution < -0.4 is 14.8 Å². The van der Waals surface area contributed by atoms with E-state index in [1.54, 1.807) is 19.2 Å². The number of hydrogen-bond acceptors (Lipinski definition) is 6. The van der Waals surface area contributed by atoms with Crippen molar-refractivity contribution in [2.75, 3.05) is 19.5 Å². The summed E-state index contributed by atoms with van der Waals surface area (Å²) in [6.45, 7) is 5.45. The number of fused-ring (bicyclic) bond motifs is 1. The fourth-order valence-electron chi connectivity index (χ4n) is 4.29. The predicted molar refractivity (Wildman–Crippen MR) is 142 cm³/mol. The Hall–Kier alpha value is -3.56. The Balaban J connectivity index is 1.77. The number of hydrogen-bond donors (Lipinski definition) is 2. The van der Waals surface area contributed by atoms with E-state index in [0.29, 0.717) is 56.1 Å². The Morgan fingerprint density at radius 3 is 2.50 bits per heavy atom. The third kappa shape index (κ3) is 4.64. The summed E-state index contributed by atoms with van der Waals surface area (Å²) in [6, 6.07) is 9.13. The van der Waals surface area contributed by atoms with Gasteiger partial charge >= 0.3 is 5.97 Å². The van der Waals surface area contributed by atoms with Crippen molar-refractivity contribution < 1.29 is 24.2 Å². The van der Waals surface area contributed by atoms with E-state index in [0.717, 1.165) is 15.8 Å². The number of carbonyl (C=O) groups is 2. The van der Waals surface area contributed by atoms with Crippen LogP contribution in [0.2, 0.25) is 5.02 Å². The maximum atomic E-state index is 13.5. The lowest BCUT2D eigenvalue weighted by atomic mass is 10.1. The van der Waals surface area contributed by atoms with E-state index in [4.69, 9.17) is 26.1 Å². The lowest BCUT2D eigenvalue weighted by Crippen LogP contribution is -2.20. The Kier molecular flexibility index (Phi) is 7.23. The summed E-state index contributed by atoms with van der Waals surface area (Å²) in [6.07, 6.45) is 0.675. The van der Waals surface area contributed by atoms with E-state index in [-0.39, 0.29) is 6.54 Å². The van der Waals surface area contributed by atoms with Crippen molar-refractivity contribution in [1.82, 2.24) is 9.55 Å². The standard InChI is InChI=1S/C26H26ClN3O5S/c1-6-21-23(16-10-20(35-5)17(27)11-19(16)34-4)28-26(36-21)29-25(33)24-14(3)15-9-13(2)7-8-18(15)30(24)12-22(31)32/h7-11H,6,12H2,1-5H3,(H,31,32)(H,28,29,33). The number of halogens is 1. The topological polar surface area (TPSA) is 103 Å². The molecular weight excluding hydrogens is 502 g/mol. The second-order valence-electron chi connectivity index (χ2n) is 8.26. The first-order chi connectivity index (χ1) is 17.2. The molecule has 0 aliphatic heterocycles. The van der Waals surface area contributed by atoms with Crippen LogP contribution in [-0.4, -0.2) is 40.8 Å². The van der Waals surface area contributed by atoms with Crippen LogP contribution in [-0.2, 0) is 17.8 Å². The molecule has 2 heterocycles. The van der Waals surface area contributed by atoms with Gasteiger partial charge in [-0.1, -0.05) is 30.2 Å². The van der Waals surface area contributed by atoms with Gasteiger partial charge in [-0.2, -0.15) is 0 Å². The van der Waals surface area contributed by atoms with Gasteiger partial charge in [0.15, 0.2) is 5.13 Å². The minimum Gasteiger partial charge on any atom is -0.496 e. The molecule has 0 unspecified atom stereocenters. The van der Waals surface area contributed by atoms with Gasteiger partial charge in [-0.3, -0.25) is 14.9 Å². The van der Waals surface area contributed by atoms with Gasteiger partial charge in [0.2, 0.25) is 0 Å². The number of nitrogens with zero attached hydrogens (tertiary/aromatic N) is 2. The fourth-order valence-corrected chi connectivity index (χ4v) is 5.43. The van der Waals surface area contributed by atoms with Gasteiger partial charge in [-0.25, -0.2) is 4.98 Å². The van der Waals surface area contributed by atoms with E-state index < -0.39 is 11.9 Å². The lowest BCUT2D eigenvalue weighted by molar-refractivity contribution is -0.137. The van der Waals surface area contributed by atoms with Gasteiger partial charge in [-0.15, -0.1) is 11.3 Å². The maximum absolute atomic E-state index is 13.5. The van der Waals surface area contributed by atoms with Crippen LogP contribution in [0.4, 0.5) is 5.13 Å². The fraction of sp³-hybridized carbons (Fsp3) is 0.269. The summed E-state index contributed by atoms with van der Waals surface area (Å²) >= 11 is 7.62. The highest BCUT2D eigenvalue weighted by molar-refractivity contribution is 7.16. The number of anilines is 1. The summed E-state index contributed by atoms with van der Waals surface area (Å²) in [5, 5.41) is 14.0.